The molecular formula is CH4FNO2Si. The molecule has 0 aliphatic carbocycles. The van der Waals surface area contributed by atoms with Crippen molar-refractivity contribution in [1.82, 2.24) is 0 Å². The third-order valence-corrected chi connectivity index (χ3v) is 0.590. The molecule has 36 valence electrons. The summed E-state index contributed by atoms with van der Waals surface area (Å²) in [6.07, 6.45) is -1.02. The lowest BCUT2D eigenvalue weighted by atomic mass is 11.3. The Balaban J connectivity index is 2.83. The van der Waals surface area contributed by atoms with Crippen LogP contribution in [-0.4, -0.2) is 16.2 Å². The van der Waals surface area contributed by atoms with E-state index in [1.807, 2.05) is 0 Å². The fourth-order valence-corrected chi connectivity index (χ4v) is 0.161. The molecule has 0 aromatic carbocycles. The highest BCUT2D eigenvalue weighted by molar-refractivity contribution is 6.20. The van der Waals surface area contributed by atoms with Gasteiger partial charge in [0.05, 0.1) is 0 Å². The van der Waals surface area contributed by atoms with Crippen LogP contribution in [-0.2, 0) is 4.43 Å². The first-order valence-corrected chi connectivity index (χ1v) is 2.36. The average molecular weight is 109 g/mol. The second kappa shape index (κ2) is 2.64. The van der Waals surface area contributed by atoms with E-state index in [-0.39, 0.29) is 0 Å². The summed E-state index contributed by atoms with van der Waals surface area (Å²) in [5.41, 5.74) is 4.34. The molecule has 1 amide bonds. The maximum Gasteiger partial charge on any atom is 0.413 e. The molecule has 5 heteroatoms. The van der Waals surface area contributed by atoms with E-state index < -0.39 is 16.2 Å². The Morgan fingerprint density at radius 3 is 2.50 bits per heavy atom. The fourth-order valence-electron chi connectivity index (χ4n) is 0.0538. The molecule has 0 unspecified atom stereocenters. The Labute approximate surface area is 36.4 Å². The monoisotopic (exact) mass is 109 g/mol. The standard InChI is InChI=1S/CH4FNO2Si/c2-6-5-1(3)4/h6H2,(H2,3,4). The first kappa shape index (κ1) is 5.42. The summed E-state index contributed by atoms with van der Waals surface area (Å²) in [4.78, 5) is 9.39. The molecule has 0 saturated carbocycles. The van der Waals surface area contributed by atoms with Crippen LogP contribution in [0.25, 0.3) is 0 Å². The number of carbonyl (C=O) groups is 1. The van der Waals surface area contributed by atoms with E-state index in [2.05, 4.69) is 10.2 Å². The van der Waals surface area contributed by atoms with Gasteiger partial charge in [-0.2, -0.15) is 0 Å². The van der Waals surface area contributed by atoms with Crippen LogP contribution < -0.4 is 5.73 Å². The van der Waals surface area contributed by atoms with Gasteiger partial charge in [0.2, 0.25) is 0 Å². The van der Waals surface area contributed by atoms with Gasteiger partial charge in [0.25, 0.3) is 0 Å². The molecule has 0 radical (unpaired) electrons. The molecule has 0 aromatic rings. The van der Waals surface area contributed by atoms with E-state index in [9.17, 15) is 8.90 Å². The van der Waals surface area contributed by atoms with Crippen molar-refractivity contribution in [2.75, 3.05) is 0 Å². The Bertz CT molecular complexity index is 57.5. The van der Waals surface area contributed by atoms with Crippen LogP contribution in [0.2, 0.25) is 0 Å². The van der Waals surface area contributed by atoms with Gasteiger partial charge in [0.1, 0.15) is 0 Å². The van der Waals surface area contributed by atoms with Gasteiger partial charge < -0.3 is 10.2 Å². The SMILES string of the molecule is NC(=O)O[SiH2]F. The summed E-state index contributed by atoms with van der Waals surface area (Å²) in [6.45, 7) is 0. The molecule has 6 heavy (non-hydrogen) atoms. The molecule has 0 fully saturated rings. The second-order valence-corrected chi connectivity index (χ2v) is 1.08. The first-order chi connectivity index (χ1) is 2.77. The van der Waals surface area contributed by atoms with Crippen molar-refractivity contribution in [2.45, 2.75) is 0 Å². The maximum absolute atomic E-state index is 10.9. The van der Waals surface area contributed by atoms with Crippen molar-refractivity contribution in [3.8, 4) is 0 Å². The Morgan fingerprint density at radius 1 is 2.00 bits per heavy atom. The van der Waals surface area contributed by atoms with E-state index in [0.717, 1.165) is 0 Å². The van der Waals surface area contributed by atoms with Crippen LogP contribution in [0.5, 0.6) is 0 Å². The number of rotatable bonds is 1. The van der Waals surface area contributed by atoms with E-state index in [0.29, 0.717) is 0 Å². The lowest BCUT2D eigenvalue weighted by Crippen LogP contribution is -2.13. The maximum atomic E-state index is 10.9. The average Bonchev–Trinajstić information content (AvgIpc) is 1.35. The summed E-state index contributed by atoms with van der Waals surface area (Å²) >= 11 is 0. The number of carbonyl (C=O) groups excluding carboxylic acids is 1. The van der Waals surface area contributed by atoms with Crippen LogP contribution in [0.4, 0.5) is 8.90 Å². The number of hydrogen-bond donors (Lipinski definition) is 1. The molecule has 0 rings (SSSR count). The normalized spacial score (nSPS) is 9.50. The van der Waals surface area contributed by atoms with Crippen molar-refractivity contribution < 1.29 is 13.3 Å². The largest absolute Gasteiger partial charge is 0.480 e. The number of amides is 1. The van der Waals surface area contributed by atoms with Crippen LogP contribution >= 0.6 is 0 Å². The predicted octanol–water partition coefficient (Wildman–Crippen LogP) is -0.950. The molecule has 0 heterocycles. The summed E-state index contributed by atoms with van der Waals surface area (Å²) < 4.78 is 14.5. The van der Waals surface area contributed by atoms with E-state index in [1.54, 1.807) is 0 Å². The number of halogens is 1. The van der Waals surface area contributed by atoms with E-state index in [1.165, 1.54) is 0 Å². The molecular weight excluding hydrogens is 105 g/mol. The van der Waals surface area contributed by atoms with Gasteiger partial charge in [-0.3, -0.25) is 4.11 Å². The van der Waals surface area contributed by atoms with Crippen molar-refractivity contribution in [3.05, 3.63) is 0 Å². The summed E-state index contributed by atoms with van der Waals surface area (Å²) in [6, 6.07) is 0. The zero-order valence-corrected chi connectivity index (χ0v) is 4.39. The van der Waals surface area contributed by atoms with Gasteiger partial charge in [-0.05, 0) is 0 Å². The summed E-state index contributed by atoms with van der Waals surface area (Å²) in [5.74, 6) is 0. The van der Waals surface area contributed by atoms with Crippen molar-refractivity contribution in [1.29, 1.82) is 0 Å². The fraction of sp³-hybridized carbons (Fsp3) is 0. The molecule has 0 aromatic heterocycles. The lowest BCUT2D eigenvalue weighted by molar-refractivity contribution is 0.210. The van der Waals surface area contributed by atoms with Crippen molar-refractivity contribution in [3.63, 3.8) is 0 Å². The van der Waals surface area contributed by atoms with E-state index in [4.69, 9.17) is 0 Å². The lowest BCUT2D eigenvalue weighted by Gasteiger charge is -1.86. The minimum absolute atomic E-state index is 1.02. The minimum atomic E-state index is -2.11. The van der Waals surface area contributed by atoms with Crippen LogP contribution in [0, 0.1) is 0 Å². The van der Waals surface area contributed by atoms with E-state index >= 15 is 0 Å². The summed E-state index contributed by atoms with van der Waals surface area (Å²) in [7, 11) is -2.11. The van der Waals surface area contributed by atoms with Gasteiger partial charge >= 0.3 is 16.2 Å². The highest BCUT2D eigenvalue weighted by Gasteiger charge is 1.86. The smallest absolute Gasteiger partial charge is 0.413 e. The summed E-state index contributed by atoms with van der Waals surface area (Å²) in [5, 5.41) is 0. The quantitative estimate of drug-likeness (QED) is 0.348. The number of nitrogens with two attached hydrogens (primary N) is 1. The van der Waals surface area contributed by atoms with Crippen molar-refractivity contribution >= 4 is 16.2 Å². The molecule has 0 bridgehead atoms. The van der Waals surface area contributed by atoms with Gasteiger partial charge in [-0.25, -0.2) is 4.79 Å². The molecule has 0 spiro atoms. The molecule has 0 aliphatic rings. The van der Waals surface area contributed by atoms with Crippen LogP contribution in [0.15, 0.2) is 0 Å². The molecule has 0 atom stereocenters. The van der Waals surface area contributed by atoms with Crippen LogP contribution in [0.3, 0.4) is 0 Å². The Kier molecular flexibility index (Phi) is 2.39. The number of hydrogen-bond acceptors (Lipinski definition) is 2. The zero-order valence-electron chi connectivity index (χ0n) is 2.98. The highest BCUT2D eigenvalue weighted by atomic mass is 28.3. The molecule has 0 saturated heterocycles. The molecule has 2 N–H and O–H groups in total. The second-order valence-electron chi connectivity index (χ2n) is 0.572. The Hall–Kier alpha value is -0.583. The topological polar surface area (TPSA) is 52.3 Å². The third kappa shape index (κ3) is 3.42. The van der Waals surface area contributed by atoms with Gasteiger partial charge in [-0.15, -0.1) is 0 Å². The Morgan fingerprint density at radius 2 is 2.50 bits per heavy atom. The van der Waals surface area contributed by atoms with Gasteiger partial charge in [-0.1, -0.05) is 0 Å². The molecule has 3 nitrogen and oxygen atoms in total. The predicted molar refractivity (Wildman–Crippen MR) is 20.3 cm³/mol. The highest BCUT2D eigenvalue weighted by Crippen LogP contribution is 1.65. The van der Waals surface area contributed by atoms with Crippen LogP contribution in [0.1, 0.15) is 0 Å². The van der Waals surface area contributed by atoms with Gasteiger partial charge in [0.15, 0.2) is 0 Å². The number of primary amides is 1. The van der Waals surface area contributed by atoms with Crippen molar-refractivity contribution in [2.24, 2.45) is 5.73 Å². The molecule has 0 aliphatic heterocycles. The zero-order chi connectivity index (χ0) is 4.99. The first-order valence-electron chi connectivity index (χ1n) is 1.25. The third-order valence-electron chi connectivity index (χ3n) is 0.197. The minimum Gasteiger partial charge on any atom is -0.480 e. The van der Waals surface area contributed by atoms with Gasteiger partial charge in [0, 0.05) is 0 Å².